The van der Waals surface area contributed by atoms with Crippen molar-refractivity contribution < 1.29 is 31.9 Å². The molecule has 9 nitrogen and oxygen atoms in total. The third-order valence-corrected chi connectivity index (χ3v) is 9.47. The fraction of sp³-hybridized carbons (Fsp3) is 0.375. The number of benzene rings is 3. The predicted molar refractivity (Wildman–Crippen MR) is 162 cm³/mol. The van der Waals surface area contributed by atoms with Crippen LogP contribution in [0.1, 0.15) is 44.6 Å². The molecule has 0 spiro atoms. The molecule has 1 aliphatic rings. The van der Waals surface area contributed by atoms with Crippen LogP contribution in [-0.4, -0.2) is 58.0 Å². The lowest BCUT2D eigenvalue weighted by Crippen LogP contribution is -2.53. The zero-order chi connectivity index (χ0) is 31.0. The molecule has 11 heteroatoms. The number of rotatable bonds is 12. The number of hydrogen-bond donors (Lipinski definition) is 1. The molecule has 0 bridgehead atoms. The monoisotopic (exact) mass is 611 g/mol. The molecular weight excluding hydrogens is 573 g/mol. The zero-order valence-electron chi connectivity index (χ0n) is 24.7. The van der Waals surface area contributed by atoms with Crippen LogP contribution in [0.4, 0.5) is 10.1 Å². The zero-order valence-corrected chi connectivity index (χ0v) is 25.5. The fourth-order valence-corrected chi connectivity index (χ4v) is 6.61. The highest BCUT2D eigenvalue weighted by atomic mass is 32.2. The summed E-state index contributed by atoms with van der Waals surface area (Å²) in [6.45, 7) is 0.680. The summed E-state index contributed by atoms with van der Waals surface area (Å²) in [5.74, 6) is -0.896. The van der Waals surface area contributed by atoms with Crippen LogP contribution in [0.2, 0.25) is 0 Å². The first kappa shape index (κ1) is 31.8. The van der Waals surface area contributed by atoms with Gasteiger partial charge in [-0.05, 0) is 62.2 Å². The largest absolute Gasteiger partial charge is 0.497 e. The average Bonchev–Trinajstić information content (AvgIpc) is 3.03. The minimum atomic E-state index is -4.31. The van der Waals surface area contributed by atoms with Crippen LogP contribution in [0.3, 0.4) is 0 Å². The summed E-state index contributed by atoms with van der Waals surface area (Å²) in [4.78, 5) is 28.7. The number of carbonyl (C=O) groups excluding carboxylic acids is 2. The van der Waals surface area contributed by atoms with Crippen molar-refractivity contribution in [2.75, 3.05) is 25.1 Å². The molecule has 230 valence electrons. The van der Waals surface area contributed by atoms with Crippen molar-refractivity contribution in [2.45, 2.75) is 62.6 Å². The number of methoxy groups -OCH3 is 2. The number of hydrogen-bond acceptors (Lipinski definition) is 6. The molecular formula is C32H38FN3O6S. The van der Waals surface area contributed by atoms with Crippen LogP contribution < -0.4 is 19.1 Å². The number of nitrogens with zero attached hydrogens (tertiary/aromatic N) is 2. The Morgan fingerprint density at radius 1 is 0.930 bits per heavy atom. The summed E-state index contributed by atoms with van der Waals surface area (Å²) in [7, 11) is -1.44. The Labute approximate surface area is 252 Å². The van der Waals surface area contributed by atoms with Crippen molar-refractivity contribution in [3.63, 3.8) is 0 Å². The Kier molecular flexibility index (Phi) is 10.6. The van der Waals surface area contributed by atoms with E-state index in [2.05, 4.69) is 5.32 Å². The molecule has 3 aromatic rings. The Morgan fingerprint density at radius 3 is 2.23 bits per heavy atom. The molecule has 1 fully saturated rings. The van der Waals surface area contributed by atoms with E-state index in [1.807, 2.05) is 0 Å². The molecule has 0 heterocycles. The number of para-hydroxylation sites is 2. The number of carbonyl (C=O) groups is 2. The van der Waals surface area contributed by atoms with E-state index in [9.17, 15) is 22.4 Å². The quantitative estimate of drug-likeness (QED) is 0.312. The molecule has 1 saturated carbocycles. The Balaban J connectivity index is 1.71. The van der Waals surface area contributed by atoms with Gasteiger partial charge >= 0.3 is 0 Å². The number of anilines is 1. The van der Waals surface area contributed by atoms with Gasteiger partial charge in [-0.3, -0.25) is 13.9 Å². The second kappa shape index (κ2) is 14.4. The van der Waals surface area contributed by atoms with E-state index >= 15 is 0 Å². The molecule has 1 aliphatic carbocycles. The van der Waals surface area contributed by atoms with Crippen molar-refractivity contribution in [3.8, 4) is 11.5 Å². The van der Waals surface area contributed by atoms with Gasteiger partial charge in [0.1, 0.15) is 29.9 Å². The molecule has 4 rings (SSSR count). The highest BCUT2D eigenvalue weighted by molar-refractivity contribution is 7.92. The topological polar surface area (TPSA) is 105 Å². The predicted octanol–water partition coefficient (Wildman–Crippen LogP) is 4.90. The minimum Gasteiger partial charge on any atom is -0.497 e. The van der Waals surface area contributed by atoms with Gasteiger partial charge in [0.2, 0.25) is 11.8 Å². The van der Waals surface area contributed by atoms with Crippen molar-refractivity contribution in [3.05, 3.63) is 84.2 Å². The second-order valence-corrected chi connectivity index (χ2v) is 12.4. The lowest BCUT2D eigenvalue weighted by molar-refractivity contribution is -0.139. The molecule has 0 radical (unpaired) electrons. The van der Waals surface area contributed by atoms with Gasteiger partial charge in [0.15, 0.2) is 0 Å². The molecule has 2 amide bonds. The molecule has 0 unspecified atom stereocenters. The molecule has 43 heavy (non-hydrogen) atoms. The summed E-state index contributed by atoms with van der Waals surface area (Å²) in [5.41, 5.74) is 0.342. The van der Waals surface area contributed by atoms with E-state index < -0.39 is 34.3 Å². The van der Waals surface area contributed by atoms with E-state index in [4.69, 9.17) is 9.47 Å². The maximum atomic E-state index is 14.8. The van der Waals surface area contributed by atoms with Gasteiger partial charge in [-0.2, -0.15) is 0 Å². The smallest absolute Gasteiger partial charge is 0.264 e. The summed E-state index contributed by atoms with van der Waals surface area (Å²) in [5, 5.41) is 3.03. The Hall–Kier alpha value is -4.12. The third-order valence-electron chi connectivity index (χ3n) is 7.70. The van der Waals surface area contributed by atoms with Crippen LogP contribution >= 0.6 is 0 Å². The molecule has 0 saturated heterocycles. The van der Waals surface area contributed by atoms with Crippen LogP contribution in [0, 0.1) is 5.82 Å². The van der Waals surface area contributed by atoms with Crippen molar-refractivity contribution in [1.29, 1.82) is 0 Å². The van der Waals surface area contributed by atoms with Gasteiger partial charge in [-0.1, -0.05) is 49.6 Å². The van der Waals surface area contributed by atoms with Gasteiger partial charge in [-0.25, -0.2) is 12.8 Å². The number of halogens is 1. The van der Waals surface area contributed by atoms with E-state index in [1.54, 1.807) is 31.2 Å². The Morgan fingerprint density at radius 2 is 1.58 bits per heavy atom. The van der Waals surface area contributed by atoms with E-state index in [1.165, 1.54) is 67.7 Å². The van der Waals surface area contributed by atoms with Gasteiger partial charge < -0.3 is 19.7 Å². The molecule has 3 aromatic carbocycles. The lowest BCUT2D eigenvalue weighted by Gasteiger charge is -2.33. The number of ether oxygens (including phenoxy) is 2. The van der Waals surface area contributed by atoms with E-state index in [0.29, 0.717) is 5.75 Å². The standard InChI is InChI=1S/C32H38FN3O6S/c1-23(32(38)34-25-12-5-4-6-13-25)35(21-24-11-7-8-14-28(24)33)31(37)22-36(29-15-9-10-16-30(29)42-3)43(39,40)27-19-17-26(41-2)18-20-27/h7-11,14-20,23,25H,4-6,12-13,21-22H2,1-3H3,(H,34,38)/t23-/m1/s1. The van der Waals surface area contributed by atoms with Gasteiger partial charge in [0.25, 0.3) is 10.0 Å². The molecule has 1 N–H and O–H groups in total. The molecule has 0 aliphatic heterocycles. The van der Waals surface area contributed by atoms with Crippen molar-refractivity contribution in [2.24, 2.45) is 0 Å². The van der Waals surface area contributed by atoms with E-state index in [-0.39, 0.29) is 40.4 Å². The SMILES string of the molecule is COc1ccc(S(=O)(=O)N(CC(=O)N(Cc2ccccc2F)[C@H](C)C(=O)NC2CCCCC2)c2ccccc2OC)cc1. The van der Waals surface area contributed by atoms with Crippen LogP contribution in [0.15, 0.2) is 77.7 Å². The first-order valence-electron chi connectivity index (χ1n) is 14.3. The molecule has 1 atom stereocenters. The summed E-state index contributed by atoms with van der Waals surface area (Å²) >= 11 is 0. The first-order valence-corrected chi connectivity index (χ1v) is 15.7. The summed E-state index contributed by atoms with van der Waals surface area (Å²) in [6.07, 6.45) is 4.83. The summed E-state index contributed by atoms with van der Waals surface area (Å²) in [6, 6.07) is 17.2. The number of amides is 2. The van der Waals surface area contributed by atoms with Crippen LogP contribution in [0.5, 0.6) is 11.5 Å². The maximum Gasteiger partial charge on any atom is 0.264 e. The lowest BCUT2D eigenvalue weighted by atomic mass is 9.95. The highest BCUT2D eigenvalue weighted by Crippen LogP contribution is 2.33. The minimum absolute atomic E-state index is 0.00496. The molecule has 0 aromatic heterocycles. The van der Waals surface area contributed by atoms with Crippen LogP contribution in [0.25, 0.3) is 0 Å². The highest BCUT2D eigenvalue weighted by Gasteiger charge is 2.34. The van der Waals surface area contributed by atoms with Crippen LogP contribution in [-0.2, 0) is 26.2 Å². The second-order valence-electron chi connectivity index (χ2n) is 10.5. The summed E-state index contributed by atoms with van der Waals surface area (Å²) < 4.78 is 54.5. The normalized spacial score (nSPS) is 14.4. The van der Waals surface area contributed by atoms with Gasteiger partial charge in [0, 0.05) is 18.2 Å². The number of nitrogens with one attached hydrogen (secondary N) is 1. The maximum absolute atomic E-state index is 14.8. The van der Waals surface area contributed by atoms with Crippen molar-refractivity contribution in [1.82, 2.24) is 10.2 Å². The van der Waals surface area contributed by atoms with E-state index in [0.717, 1.165) is 36.4 Å². The van der Waals surface area contributed by atoms with Gasteiger partial charge in [-0.15, -0.1) is 0 Å². The van der Waals surface area contributed by atoms with Crippen molar-refractivity contribution >= 4 is 27.5 Å². The first-order chi connectivity index (χ1) is 20.6. The third kappa shape index (κ3) is 7.64. The average molecular weight is 612 g/mol. The Bertz CT molecular complexity index is 1510. The number of sulfonamides is 1. The van der Waals surface area contributed by atoms with Gasteiger partial charge in [0.05, 0.1) is 24.8 Å². The fourth-order valence-electron chi connectivity index (χ4n) is 5.19.